The Bertz CT molecular complexity index is 312. The summed E-state index contributed by atoms with van der Waals surface area (Å²) in [6, 6.07) is 6.57. The van der Waals surface area contributed by atoms with Gasteiger partial charge in [0.05, 0.1) is 6.61 Å². The van der Waals surface area contributed by atoms with Gasteiger partial charge in [-0.2, -0.15) is 13.2 Å². The monoisotopic (exact) mass is 238 g/mol. The number of alkyl halides is 3. The van der Waals surface area contributed by atoms with Crippen molar-refractivity contribution in [1.82, 2.24) is 0 Å². The number of rotatable bonds is 4. The fourth-order valence-corrected chi connectivity index (χ4v) is 1.20. The molecule has 0 saturated heterocycles. The Morgan fingerprint density at radius 2 is 2.00 bits per heavy atom. The summed E-state index contributed by atoms with van der Waals surface area (Å²) in [6.07, 6.45) is -4.98. The molecule has 1 nitrogen and oxygen atoms in total. The van der Waals surface area contributed by atoms with Gasteiger partial charge in [-0.05, 0) is 24.6 Å². The van der Waals surface area contributed by atoms with Gasteiger partial charge in [0.2, 0.25) is 0 Å². The Labute approximate surface area is 90.8 Å². The van der Waals surface area contributed by atoms with Gasteiger partial charge in [-0.25, -0.2) is 0 Å². The van der Waals surface area contributed by atoms with Crippen molar-refractivity contribution in [3.63, 3.8) is 0 Å². The molecule has 5 heteroatoms. The highest BCUT2D eigenvalue weighted by Gasteiger charge is 2.25. The van der Waals surface area contributed by atoms with Crippen LogP contribution in [0.2, 0.25) is 5.02 Å². The largest absolute Gasteiger partial charge is 0.494 e. The molecule has 1 aromatic carbocycles. The Hall–Kier alpha value is -0.900. The van der Waals surface area contributed by atoms with Crippen molar-refractivity contribution in [1.29, 1.82) is 0 Å². The normalized spacial score (nSPS) is 11.5. The maximum atomic E-state index is 11.8. The van der Waals surface area contributed by atoms with E-state index in [0.29, 0.717) is 10.8 Å². The van der Waals surface area contributed by atoms with Crippen molar-refractivity contribution >= 4 is 11.6 Å². The van der Waals surface area contributed by atoms with E-state index < -0.39 is 12.6 Å². The molecule has 15 heavy (non-hydrogen) atoms. The van der Waals surface area contributed by atoms with Gasteiger partial charge in [0, 0.05) is 11.4 Å². The van der Waals surface area contributed by atoms with Crippen LogP contribution in [0.1, 0.15) is 12.8 Å². The molecule has 1 aromatic rings. The molecule has 0 aliphatic rings. The van der Waals surface area contributed by atoms with E-state index in [9.17, 15) is 13.2 Å². The van der Waals surface area contributed by atoms with Gasteiger partial charge in [-0.3, -0.25) is 0 Å². The molecular formula is C10H10ClF3O. The van der Waals surface area contributed by atoms with Crippen molar-refractivity contribution < 1.29 is 17.9 Å². The van der Waals surface area contributed by atoms with Crippen LogP contribution in [0.15, 0.2) is 24.3 Å². The Kier molecular flexibility index (Phi) is 4.27. The van der Waals surface area contributed by atoms with Crippen LogP contribution >= 0.6 is 11.6 Å². The third kappa shape index (κ3) is 5.52. The molecule has 0 unspecified atom stereocenters. The highest BCUT2D eigenvalue weighted by atomic mass is 35.5. The maximum absolute atomic E-state index is 11.8. The minimum absolute atomic E-state index is 0.0415. The summed E-state index contributed by atoms with van der Waals surface area (Å²) in [5, 5.41) is 0.503. The predicted molar refractivity (Wildman–Crippen MR) is 52.2 cm³/mol. The van der Waals surface area contributed by atoms with E-state index in [2.05, 4.69) is 0 Å². The Balaban J connectivity index is 2.26. The molecular weight excluding hydrogens is 229 g/mol. The Morgan fingerprint density at radius 1 is 1.27 bits per heavy atom. The van der Waals surface area contributed by atoms with Crippen molar-refractivity contribution in [2.24, 2.45) is 0 Å². The summed E-state index contributed by atoms with van der Waals surface area (Å²) in [6.45, 7) is 0.0415. The fourth-order valence-electron chi connectivity index (χ4n) is 1.02. The van der Waals surface area contributed by atoms with E-state index in [1.807, 2.05) is 0 Å². The molecule has 0 amide bonds. The first-order chi connectivity index (χ1) is 6.97. The summed E-state index contributed by atoms with van der Waals surface area (Å²) in [5.74, 6) is 0.490. The molecule has 0 saturated carbocycles. The van der Waals surface area contributed by atoms with Crippen LogP contribution < -0.4 is 4.74 Å². The van der Waals surface area contributed by atoms with Gasteiger partial charge < -0.3 is 4.74 Å². The molecule has 0 fully saturated rings. The average molecular weight is 239 g/mol. The van der Waals surface area contributed by atoms with Crippen molar-refractivity contribution in [2.45, 2.75) is 19.0 Å². The van der Waals surface area contributed by atoms with Gasteiger partial charge in [0.15, 0.2) is 0 Å². The highest BCUT2D eigenvalue weighted by Crippen LogP contribution is 2.22. The van der Waals surface area contributed by atoms with Crippen molar-refractivity contribution in [3.8, 4) is 5.75 Å². The molecule has 0 aliphatic carbocycles. The standard InChI is InChI=1S/C10H10ClF3O/c11-8-3-1-4-9(7-8)15-6-2-5-10(12,13)14/h1,3-4,7H,2,5-6H2. The maximum Gasteiger partial charge on any atom is 0.389 e. The summed E-state index contributed by atoms with van der Waals surface area (Å²) >= 11 is 5.67. The van der Waals surface area contributed by atoms with Crippen LogP contribution in [0, 0.1) is 0 Å². The minimum Gasteiger partial charge on any atom is -0.494 e. The van der Waals surface area contributed by atoms with E-state index in [4.69, 9.17) is 16.3 Å². The first kappa shape index (κ1) is 12.2. The lowest BCUT2D eigenvalue weighted by Crippen LogP contribution is -2.09. The number of ether oxygens (including phenoxy) is 1. The topological polar surface area (TPSA) is 9.23 Å². The van der Waals surface area contributed by atoms with Crippen LogP contribution in [-0.2, 0) is 0 Å². The predicted octanol–water partition coefficient (Wildman–Crippen LogP) is 4.06. The van der Waals surface area contributed by atoms with Crippen molar-refractivity contribution in [2.75, 3.05) is 6.61 Å². The molecule has 0 radical (unpaired) electrons. The van der Waals surface area contributed by atoms with Gasteiger partial charge >= 0.3 is 6.18 Å². The highest BCUT2D eigenvalue weighted by molar-refractivity contribution is 6.30. The van der Waals surface area contributed by atoms with E-state index in [1.54, 1.807) is 24.3 Å². The smallest absolute Gasteiger partial charge is 0.389 e. The van der Waals surface area contributed by atoms with Crippen LogP contribution in [-0.4, -0.2) is 12.8 Å². The van der Waals surface area contributed by atoms with E-state index >= 15 is 0 Å². The summed E-state index contributed by atoms with van der Waals surface area (Å²) in [5.41, 5.74) is 0. The van der Waals surface area contributed by atoms with Crippen molar-refractivity contribution in [3.05, 3.63) is 29.3 Å². The second-order valence-corrected chi connectivity index (χ2v) is 3.46. The SMILES string of the molecule is FC(F)(F)CCCOc1cccc(Cl)c1. The molecule has 0 atom stereocenters. The third-order valence-electron chi connectivity index (χ3n) is 1.67. The first-order valence-corrected chi connectivity index (χ1v) is 4.80. The van der Waals surface area contributed by atoms with Gasteiger partial charge in [-0.15, -0.1) is 0 Å². The van der Waals surface area contributed by atoms with Crippen LogP contribution in [0.25, 0.3) is 0 Å². The molecule has 84 valence electrons. The number of hydrogen-bond acceptors (Lipinski definition) is 1. The molecule has 0 N–H and O–H groups in total. The third-order valence-corrected chi connectivity index (χ3v) is 1.90. The fraction of sp³-hybridized carbons (Fsp3) is 0.400. The zero-order valence-corrected chi connectivity index (χ0v) is 8.61. The second kappa shape index (κ2) is 5.26. The molecule has 0 bridgehead atoms. The average Bonchev–Trinajstić information content (AvgIpc) is 2.11. The molecule has 0 spiro atoms. The summed E-state index contributed by atoms with van der Waals surface area (Å²) in [4.78, 5) is 0. The minimum atomic E-state index is -4.11. The van der Waals surface area contributed by atoms with Gasteiger partial charge in [0.25, 0.3) is 0 Å². The quantitative estimate of drug-likeness (QED) is 0.719. The van der Waals surface area contributed by atoms with E-state index in [1.165, 1.54) is 0 Å². The van der Waals surface area contributed by atoms with Crippen LogP contribution in [0.3, 0.4) is 0 Å². The van der Waals surface area contributed by atoms with E-state index in [-0.39, 0.29) is 13.0 Å². The van der Waals surface area contributed by atoms with Gasteiger partial charge in [-0.1, -0.05) is 17.7 Å². The number of benzene rings is 1. The van der Waals surface area contributed by atoms with Crippen LogP contribution in [0.4, 0.5) is 13.2 Å². The molecule has 0 aliphatic heterocycles. The van der Waals surface area contributed by atoms with Crippen LogP contribution in [0.5, 0.6) is 5.75 Å². The summed E-state index contributed by atoms with van der Waals surface area (Å²) in [7, 11) is 0. The first-order valence-electron chi connectivity index (χ1n) is 4.42. The zero-order valence-electron chi connectivity index (χ0n) is 7.85. The van der Waals surface area contributed by atoms with Gasteiger partial charge in [0.1, 0.15) is 5.75 Å². The molecule has 0 aromatic heterocycles. The zero-order chi connectivity index (χ0) is 11.3. The molecule has 0 heterocycles. The molecule has 1 rings (SSSR count). The number of halogens is 4. The van der Waals surface area contributed by atoms with E-state index in [0.717, 1.165) is 0 Å². The Morgan fingerprint density at radius 3 is 2.60 bits per heavy atom. The lowest BCUT2D eigenvalue weighted by molar-refractivity contribution is -0.136. The lowest BCUT2D eigenvalue weighted by Gasteiger charge is -2.08. The number of hydrogen-bond donors (Lipinski definition) is 0. The lowest BCUT2D eigenvalue weighted by atomic mass is 10.3. The second-order valence-electron chi connectivity index (χ2n) is 3.02. The summed E-state index contributed by atoms with van der Waals surface area (Å²) < 4.78 is 40.4.